The third-order valence-corrected chi connectivity index (χ3v) is 6.14. The first-order valence-electron chi connectivity index (χ1n) is 9.19. The second-order valence-electron chi connectivity index (χ2n) is 7.43. The summed E-state index contributed by atoms with van der Waals surface area (Å²) in [6, 6.07) is 0. The van der Waals surface area contributed by atoms with E-state index in [-0.39, 0.29) is 5.41 Å². The minimum atomic E-state index is 0.268. The van der Waals surface area contributed by atoms with Crippen LogP contribution in [0.25, 0.3) is 0 Å². The van der Waals surface area contributed by atoms with E-state index in [4.69, 9.17) is 0 Å². The van der Waals surface area contributed by atoms with Gasteiger partial charge >= 0.3 is 0 Å². The molecule has 22 heavy (non-hydrogen) atoms. The highest BCUT2D eigenvalue weighted by Crippen LogP contribution is 2.42. The molecule has 0 bridgehead atoms. The zero-order chi connectivity index (χ0) is 17.6. The first-order valence-corrected chi connectivity index (χ1v) is 9.19. The van der Waals surface area contributed by atoms with Gasteiger partial charge in [0.2, 0.25) is 0 Å². The lowest BCUT2D eigenvalue weighted by molar-refractivity contribution is 0.368. The fourth-order valence-corrected chi connectivity index (χ4v) is 3.25. The van der Waals surface area contributed by atoms with Gasteiger partial charge in [-0.2, -0.15) is 0 Å². The van der Waals surface area contributed by atoms with Gasteiger partial charge in [-0.1, -0.05) is 64.8 Å². The van der Waals surface area contributed by atoms with Gasteiger partial charge in [0.15, 0.2) is 0 Å². The predicted octanol–water partition coefficient (Wildman–Crippen LogP) is 7.87. The first kappa shape index (κ1) is 21.2. The summed E-state index contributed by atoms with van der Waals surface area (Å²) in [5.41, 5.74) is 6.51. The minimum absolute atomic E-state index is 0.268. The van der Waals surface area contributed by atoms with E-state index in [1.54, 1.807) is 5.57 Å². The Morgan fingerprint density at radius 2 is 1.23 bits per heavy atom. The molecule has 128 valence electrons. The van der Waals surface area contributed by atoms with Crippen molar-refractivity contribution in [2.45, 2.75) is 94.9 Å². The molecule has 0 spiro atoms. The van der Waals surface area contributed by atoms with Crippen molar-refractivity contribution in [3.63, 3.8) is 0 Å². The van der Waals surface area contributed by atoms with Crippen molar-refractivity contribution in [1.29, 1.82) is 0 Å². The van der Waals surface area contributed by atoms with Gasteiger partial charge in [-0.25, -0.2) is 0 Å². The van der Waals surface area contributed by atoms with E-state index in [1.165, 1.54) is 42.4 Å². The molecule has 0 aliphatic heterocycles. The predicted molar refractivity (Wildman–Crippen MR) is 103 cm³/mol. The van der Waals surface area contributed by atoms with Crippen molar-refractivity contribution in [2.24, 2.45) is 10.8 Å². The molecule has 0 saturated heterocycles. The maximum atomic E-state index is 2.51. The molecule has 0 amide bonds. The lowest BCUT2D eigenvalue weighted by Crippen LogP contribution is -2.20. The molecule has 0 rings (SSSR count). The van der Waals surface area contributed by atoms with Crippen LogP contribution in [0.2, 0.25) is 0 Å². The molecule has 0 aromatic rings. The summed E-state index contributed by atoms with van der Waals surface area (Å²) < 4.78 is 0. The van der Waals surface area contributed by atoms with Crippen LogP contribution in [0, 0.1) is 10.8 Å². The van der Waals surface area contributed by atoms with Crippen molar-refractivity contribution in [3.8, 4) is 0 Å². The molecule has 0 radical (unpaired) electrons. The lowest BCUT2D eigenvalue weighted by Gasteiger charge is -2.34. The van der Waals surface area contributed by atoms with Gasteiger partial charge < -0.3 is 0 Å². The molecule has 0 aliphatic rings. The van der Waals surface area contributed by atoms with E-state index >= 15 is 0 Å². The van der Waals surface area contributed by atoms with Crippen LogP contribution in [-0.4, -0.2) is 0 Å². The van der Waals surface area contributed by atoms with Crippen LogP contribution in [0.5, 0.6) is 0 Å². The third kappa shape index (κ3) is 4.86. The van der Waals surface area contributed by atoms with Crippen LogP contribution in [0.3, 0.4) is 0 Å². The van der Waals surface area contributed by atoms with E-state index in [2.05, 4.69) is 81.4 Å². The van der Waals surface area contributed by atoms with Crippen LogP contribution in [0.15, 0.2) is 34.4 Å². The Morgan fingerprint density at radius 1 is 0.773 bits per heavy atom. The topological polar surface area (TPSA) is 0 Å². The molecule has 0 aromatic carbocycles. The Balaban J connectivity index is 6.20. The monoisotopic (exact) mass is 304 g/mol. The lowest BCUT2D eigenvalue weighted by atomic mass is 9.71. The number of allylic oxidation sites excluding steroid dienone is 6. The Hall–Kier alpha value is -0.780. The SMILES string of the molecule is C/C=C(C)/C(=C(C)\C(C)=C\C(C)(CC)CC)C(C)(CC)CC. The van der Waals surface area contributed by atoms with Crippen molar-refractivity contribution in [3.05, 3.63) is 34.4 Å². The first-order chi connectivity index (χ1) is 10.1. The molecule has 0 saturated carbocycles. The fourth-order valence-electron chi connectivity index (χ4n) is 3.25. The molecule has 0 fully saturated rings. The molecular weight excluding hydrogens is 264 g/mol. The summed E-state index contributed by atoms with van der Waals surface area (Å²) in [5, 5.41) is 0. The van der Waals surface area contributed by atoms with Crippen molar-refractivity contribution in [2.75, 3.05) is 0 Å². The molecule has 0 heterocycles. The van der Waals surface area contributed by atoms with Gasteiger partial charge in [-0.05, 0) is 75.4 Å². The van der Waals surface area contributed by atoms with Crippen LogP contribution in [0.1, 0.15) is 94.9 Å². The molecule has 0 atom stereocenters. The summed E-state index contributed by atoms with van der Waals surface area (Å²) in [6.07, 6.45) is 9.56. The van der Waals surface area contributed by atoms with E-state index in [1.807, 2.05) is 0 Å². The highest BCUT2D eigenvalue weighted by molar-refractivity contribution is 5.46. The fraction of sp³-hybridized carbons (Fsp3) is 0.727. The van der Waals surface area contributed by atoms with Crippen LogP contribution in [0.4, 0.5) is 0 Å². The average Bonchev–Trinajstić information content (AvgIpc) is 2.53. The zero-order valence-electron chi connectivity index (χ0n) is 17.0. The standard InChI is InChI=1S/C22H40/c1-11-17(6)20(22(10,14-4)15-5)19(8)18(7)16-21(9,12-2)13-3/h11,16H,12-15H2,1-10H3/b17-11+,18-16+,20-19+. The smallest absolute Gasteiger partial charge is 0.00753 e. The molecule has 0 N–H and O–H groups in total. The summed E-state index contributed by atoms with van der Waals surface area (Å²) in [5.74, 6) is 0. The Bertz CT molecular complexity index is 435. The summed E-state index contributed by atoms with van der Waals surface area (Å²) in [6.45, 7) is 23.1. The van der Waals surface area contributed by atoms with E-state index in [0.717, 1.165) is 0 Å². The number of hydrogen-bond acceptors (Lipinski definition) is 0. The van der Waals surface area contributed by atoms with Gasteiger partial charge in [0.05, 0.1) is 0 Å². The maximum absolute atomic E-state index is 2.51. The van der Waals surface area contributed by atoms with Crippen molar-refractivity contribution in [1.82, 2.24) is 0 Å². The van der Waals surface area contributed by atoms with Crippen molar-refractivity contribution < 1.29 is 0 Å². The average molecular weight is 305 g/mol. The maximum Gasteiger partial charge on any atom is -0.00753 e. The van der Waals surface area contributed by atoms with Gasteiger partial charge in [-0.15, -0.1) is 0 Å². The molecule has 0 unspecified atom stereocenters. The van der Waals surface area contributed by atoms with Crippen LogP contribution < -0.4 is 0 Å². The molecule has 0 nitrogen and oxygen atoms in total. The number of hydrogen-bond donors (Lipinski definition) is 0. The highest BCUT2D eigenvalue weighted by Gasteiger charge is 2.28. The molecule has 0 aromatic heterocycles. The Kier molecular flexibility index (Phi) is 8.44. The minimum Gasteiger partial charge on any atom is -0.0844 e. The van der Waals surface area contributed by atoms with E-state index < -0.39 is 0 Å². The summed E-state index contributed by atoms with van der Waals surface area (Å²) in [4.78, 5) is 0. The third-order valence-electron chi connectivity index (χ3n) is 6.14. The van der Waals surface area contributed by atoms with Gasteiger partial charge in [-0.3, -0.25) is 0 Å². The molecule has 0 heteroatoms. The number of rotatable bonds is 8. The van der Waals surface area contributed by atoms with Gasteiger partial charge in [0.25, 0.3) is 0 Å². The zero-order valence-corrected chi connectivity index (χ0v) is 17.0. The quantitative estimate of drug-likeness (QED) is 0.400. The van der Waals surface area contributed by atoms with Crippen LogP contribution >= 0.6 is 0 Å². The normalized spacial score (nSPS) is 15.9. The van der Waals surface area contributed by atoms with E-state index in [0.29, 0.717) is 5.41 Å². The summed E-state index contributed by atoms with van der Waals surface area (Å²) >= 11 is 0. The van der Waals surface area contributed by atoms with Crippen LogP contribution in [-0.2, 0) is 0 Å². The van der Waals surface area contributed by atoms with Gasteiger partial charge in [0, 0.05) is 0 Å². The second kappa shape index (κ2) is 8.75. The Labute approximate surface area is 140 Å². The largest absolute Gasteiger partial charge is 0.0844 e. The Morgan fingerprint density at radius 3 is 1.55 bits per heavy atom. The van der Waals surface area contributed by atoms with E-state index in [9.17, 15) is 0 Å². The van der Waals surface area contributed by atoms with Crippen molar-refractivity contribution >= 4 is 0 Å². The summed E-state index contributed by atoms with van der Waals surface area (Å²) in [7, 11) is 0. The van der Waals surface area contributed by atoms with Gasteiger partial charge in [0.1, 0.15) is 0 Å². The second-order valence-corrected chi connectivity index (χ2v) is 7.43. The molecular formula is C22H40. The molecule has 0 aliphatic carbocycles. The highest BCUT2D eigenvalue weighted by atomic mass is 14.3.